The van der Waals surface area contributed by atoms with Crippen LogP contribution >= 0.6 is 22.9 Å². The van der Waals surface area contributed by atoms with E-state index in [1.54, 1.807) is 0 Å². The molecule has 1 aromatic heterocycles. The lowest BCUT2D eigenvalue weighted by atomic mass is 10.1. The molecule has 12 heteroatoms. The quantitative estimate of drug-likeness (QED) is 0.595. The molecule has 1 aliphatic heterocycles. The highest BCUT2D eigenvalue weighted by Crippen LogP contribution is 2.33. The van der Waals surface area contributed by atoms with Gasteiger partial charge in [0, 0.05) is 18.3 Å². The van der Waals surface area contributed by atoms with Crippen LogP contribution in [0, 0.1) is 5.82 Å². The van der Waals surface area contributed by atoms with Gasteiger partial charge in [-0.2, -0.15) is 17.4 Å². The average molecular weight is 482 g/mol. The van der Waals surface area contributed by atoms with Crippen molar-refractivity contribution in [2.24, 2.45) is 0 Å². The van der Waals surface area contributed by atoms with Crippen LogP contribution in [-0.2, 0) is 15.0 Å². The monoisotopic (exact) mass is 481 g/mol. The molecule has 1 amide bonds. The maximum atomic E-state index is 13.4. The highest BCUT2D eigenvalue weighted by Gasteiger charge is 2.42. The molecular weight excluding hydrogens is 465 g/mol. The molecule has 2 heterocycles. The van der Waals surface area contributed by atoms with Gasteiger partial charge in [-0.05, 0) is 24.6 Å². The fourth-order valence-electron chi connectivity index (χ4n) is 3.15. The van der Waals surface area contributed by atoms with Crippen molar-refractivity contribution in [3.8, 4) is 10.6 Å². The predicted molar refractivity (Wildman–Crippen MR) is 116 cm³/mol. The summed E-state index contributed by atoms with van der Waals surface area (Å²) < 4.78 is 42.1. The molecule has 0 spiro atoms. The molecule has 2 aromatic carbocycles. The number of carbonyl (C=O) groups is 1. The van der Waals surface area contributed by atoms with Crippen molar-refractivity contribution in [1.29, 1.82) is 0 Å². The second kappa shape index (κ2) is 8.60. The lowest BCUT2D eigenvalue weighted by molar-refractivity contribution is -0.120. The smallest absolute Gasteiger partial charge is 0.280 e. The Kier molecular flexibility index (Phi) is 6.04. The van der Waals surface area contributed by atoms with Crippen LogP contribution in [0.1, 0.15) is 17.5 Å². The minimum Gasteiger partial charge on any atom is -0.325 e. The Balaban J connectivity index is 1.57. The highest BCUT2D eigenvalue weighted by molar-refractivity contribution is 7.87. The van der Waals surface area contributed by atoms with Gasteiger partial charge in [0.05, 0.1) is 11.1 Å². The van der Waals surface area contributed by atoms with E-state index in [1.807, 2.05) is 30.3 Å². The first-order valence-electron chi connectivity index (χ1n) is 9.14. The number of anilines is 1. The molecule has 8 nitrogen and oxygen atoms in total. The molecule has 31 heavy (non-hydrogen) atoms. The third-order valence-corrected chi connectivity index (χ3v) is 7.79. The van der Waals surface area contributed by atoms with Gasteiger partial charge >= 0.3 is 0 Å². The van der Waals surface area contributed by atoms with Gasteiger partial charge in [-0.25, -0.2) is 4.39 Å². The van der Waals surface area contributed by atoms with Crippen LogP contribution in [0.4, 0.5) is 10.1 Å². The predicted octanol–water partition coefficient (Wildman–Crippen LogP) is 3.22. The summed E-state index contributed by atoms with van der Waals surface area (Å²) in [6.45, 7) is 0. The summed E-state index contributed by atoms with van der Waals surface area (Å²) in [6.07, 6.45) is 0.139. The molecule has 0 radical (unpaired) electrons. The van der Waals surface area contributed by atoms with E-state index in [0.29, 0.717) is 10.0 Å². The molecule has 0 aliphatic carbocycles. The van der Waals surface area contributed by atoms with Crippen molar-refractivity contribution in [2.45, 2.75) is 18.5 Å². The second-order valence-corrected chi connectivity index (χ2v) is 10.1. The van der Waals surface area contributed by atoms with Crippen molar-refractivity contribution in [3.05, 3.63) is 64.4 Å². The van der Waals surface area contributed by atoms with Crippen LogP contribution < -0.4 is 10.0 Å². The SMILES string of the molecule is CN1[C@H](C(=O)Nc2ccc(F)c(Cl)c2)C[C@H](c2nnc(-c3ccccc3)s2)NS1(=O)=O. The zero-order valence-electron chi connectivity index (χ0n) is 16.1. The Morgan fingerprint density at radius 3 is 2.71 bits per heavy atom. The normalized spacial score (nSPS) is 21.0. The Morgan fingerprint density at radius 2 is 2.00 bits per heavy atom. The maximum Gasteiger partial charge on any atom is 0.280 e. The van der Waals surface area contributed by atoms with E-state index in [1.165, 1.54) is 30.5 Å². The maximum absolute atomic E-state index is 13.4. The van der Waals surface area contributed by atoms with E-state index in [4.69, 9.17) is 11.6 Å². The molecule has 162 valence electrons. The first-order valence-corrected chi connectivity index (χ1v) is 11.8. The zero-order valence-corrected chi connectivity index (χ0v) is 18.5. The van der Waals surface area contributed by atoms with Crippen molar-refractivity contribution in [3.63, 3.8) is 0 Å². The summed E-state index contributed by atoms with van der Waals surface area (Å²) in [6, 6.07) is 11.4. The van der Waals surface area contributed by atoms with Gasteiger partial charge in [0.25, 0.3) is 10.2 Å². The molecule has 1 saturated heterocycles. The fourth-order valence-corrected chi connectivity index (χ4v) is 5.56. The number of amides is 1. The Bertz CT molecular complexity index is 1220. The molecule has 4 rings (SSSR count). The van der Waals surface area contributed by atoms with Crippen LogP contribution in [0.25, 0.3) is 10.6 Å². The van der Waals surface area contributed by atoms with Gasteiger partial charge < -0.3 is 5.32 Å². The van der Waals surface area contributed by atoms with Gasteiger partial charge in [-0.1, -0.05) is 53.3 Å². The lowest BCUT2D eigenvalue weighted by Crippen LogP contribution is -2.55. The van der Waals surface area contributed by atoms with Crippen LogP contribution in [0.3, 0.4) is 0 Å². The zero-order chi connectivity index (χ0) is 22.2. The molecule has 0 saturated carbocycles. The molecule has 3 aromatic rings. The molecule has 0 bridgehead atoms. The number of hydrogen-bond donors (Lipinski definition) is 2. The number of carbonyl (C=O) groups excluding carboxylic acids is 1. The van der Waals surface area contributed by atoms with Gasteiger partial charge in [-0.15, -0.1) is 10.2 Å². The van der Waals surface area contributed by atoms with Crippen LogP contribution in [-0.4, -0.2) is 41.9 Å². The van der Waals surface area contributed by atoms with E-state index < -0.39 is 34.0 Å². The lowest BCUT2D eigenvalue weighted by Gasteiger charge is -2.35. The van der Waals surface area contributed by atoms with E-state index in [0.717, 1.165) is 15.9 Å². The van der Waals surface area contributed by atoms with Crippen LogP contribution in [0.2, 0.25) is 5.02 Å². The summed E-state index contributed by atoms with van der Waals surface area (Å²) in [5.74, 6) is -1.18. The third kappa shape index (κ3) is 4.60. The largest absolute Gasteiger partial charge is 0.325 e. The number of likely N-dealkylation sites (N-methyl/N-ethyl adjacent to an activating group) is 1. The summed E-state index contributed by atoms with van der Waals surface area (Å²) in [5, 5.41) is 11.8. The molecule has 1 fully saturated rings. The Morgan fingerprint density at radius 1 is 1.26 bits per heavy atom. The van der Waals surface area contributed by atoms with E-state index in [9.17, 15) is 17.6 Å². The first kappa shape index (κ1) is 21.8. The number of nitrogens with one attached hydrogen (secondary N) is 2. The molecule has 1 aliphatic rings. The highest BCUT2D eigenvalue weighted by atomic mass is 35.5. The molecule has 0 unspecified atom stereocenters. The summed E-state index contributed by atoms with van der Waals surface area (Å²) >= 11 is 7.01. The van der Waals surface area contributed by atoms with Crippen molar-refractivity contribution < 1.29 is 17.6 Å². The summed E-state index contributed by atoms with van der Waals surface area (Å²) in [7, 11) is -2.62. The van der Waals surface area contributed by atoms with Crippen LogP contribution in [0.15, 0.2) is 48.5 Å². The van der Waals surface area contributed by atoms with Crippen molar-refractivity contribution >= 4 is 44.7 Å². The molecule has 2 atom stereocenters. The minimum absolute atomic E-state index is 0.139. The second-order valence-electron chi connectivity index (χ2n) is 6.87. The number of halogens is 2. The number of benzene rings is 2. The molecular formula is C19H17ClFN5O3S2. The minimum atomic E-state index is -3.94. The van der Waals surface area contributed by atoms with Crippen LogP contribution in [0.5, 0.6) is 0 Å². The Hall–Kier alpha value is -2.44. The van der Waals surface area contributed by atoms with E-state index >= 15 is 0 Å². The van der Waals surface area contributed by atoms with Gasteiger partial charge in [-0.3, -0.25) is 4.79 Å². The summed E-state index contributed by atoms with van der Waals surface area (Å²) in [5.41, 5.74) is 1.13. The summed E-state index contributed by atoms with van der Waals surface area (Å²) in [4.78, 5) is 12.9. The standard InChI is InChI=1S/C19H17ClFN5O3S2/c1-26-16(17(27)22-12-7-8-14(21)13(20)9-12)10-15(25-31(26,28)29)19-24-23-18(30-19)11-5-3-2-4-6-11/h2-9,15-16,25H,10H2,1H3,(H,22,27)/t15-,16+/m1/s1. The third-order valence-electron chi connectivity index (χ3n) is 4.82. The van der Waals surface area contributed by atoms with E-state index in [2.05, 4.69) is 20.2 Å². The number of aromatic nitrogens is 2. The topological polar surface area (TPSA) is 104 Å². The molecule has 2 N–H and O–H groups in total. The van der Waals surface area contributed by atoms with Gasteiger partial charge in [0.2, 0.25) is 5.91 Å². The first-order chi connectivity index (χ1) is 14.7. The fraction of sp³-hybridized carbons (Fsp3) is 0.211. The van der Waals surface area contributed by atoms with Crippen molar-refractivity contribution in [1.82, 2.24) is 19.2 Å². The average Bonchev–Trinajstić information content (AvgIpc) is 3.23. The van der Waals surface area contributed by atoms with Gasteiger partial charge in [0.15, 0.2) is 0 Å². The van der Waals surface area contributed by atoms with Gasteiger partial charge in [0.1, 0.15) is 21.9 Å². The number of rotatable bonds is 4. The number of hydrogen-bond acceptors (Lipinski definition) is 6. The van der Waals surface area contributed by atoms with Crippen molar-refractivity contribution in [2.75, 3.05) is 12.4 Å². The Labute approximate surface area is 187 Å². The number of nitrogens with zero attached hydrogens (tertiary/aromatic N) is 3. The van der Waals surface area contributed by atoms with E-state index in [-0.39, 0.29) is 17.1 Å².